The fraction of sp³-hybridized carbons (Fsp3) is 0.583. The van der Waals surface area contributed by atoms with Gasteiger partial charge in [0.2, 0.25) is 0 Å². The monoisotopic (exact) mass is 206 g/mol. The van der Waals surface area contributed by atoms with E-state index in [1.807, 2.05) is 20.0 Å². The lowest BCUT2D eigenvalue weighted by atomic mass is 10.1. The summed E-state index contributed by atoms with van der Waals surface area (Å²) in [4.78, 5) is 4.16. The average Bonchev–Trinajstić information content (AvgIpc) is 2.99. The molecule has 0 aliphatic heterocycles. The van der Waals surface area contributed by atoms with Crippen molar-refractivity contribution in [3.63, 3.8) is 0 Å². The van der Waals surface area contributed by atoms with Crippen molar-refractivity contribution in [1.29, 1.82) is 0 Å². The van der Waals surface area contributed by atoms with Crippen molar-refractivity contribution in [2.45, 2.75) is 32.7 Å². The van der Waals surface area contributed by atoms with Crippen molar-refractivity contribution < 1.29 is 4.74 Å². The Labute approximate surface area is 90.7 Å². The van der Waals surface area contributed by atoms with Crippen molar-refractivity contribution in [2.24, 2.45) is 11.7 Å². The summed E-state index contributed by atoms with van der Waals surface area (Å²) in [5.74, 6) is 1.65. The largest absolute Gasteiger partial charge is 0.491 e. The number of hydrogen-bond acceptors (Lipinski definition) is 3. The van der Waals surface area contributed by atoms with Crippen LogP contribution in [0.5, 0.6) is 5.75 Å². The Morgan fingerprint density at radius 2 is 2.27 bits per heavy atom. The van der Waals surface area contributed by atoms with Crippen molar-refractivity contribution in [2.75, 3.05) is 6.61 Å². The van der Waals surface area contributed by atoms with Crippen LogP contribution in [0.25, 0.3) is 0 Å². The number of pyridine rings is 1. The molecule has 1 aliphatic carbocycles. The molecule has 1 aliphatic rings. The Balaban J connectivity index is 2.11. The van der Waals surface area contributed by atoms with Gasteiger partial charge in [-0.05, 0) is 43.7 Å². The average molecular weight is 206 g/mol. The van der Waals surface area contributed by atoms with Gasteiger partial charge in [0, 0.05) is 12.2 Å². The molecule has 0 spiro atoms. The molecule has 2 N–H and O–H groups in total. The smallest absolute Gasteiger partial charge is 0.140 e. The summed E-state index contributed by atoms with van der Waals surface area (Å²) in [6.45, 7) is 4.84. The van der Waals surface area contributed by atoms with Gasteiger partial charge in [0.25, 0.3) is 0 Å². The van der Waals surface area contributed by atoms with Crippen LogP contribution in [0, 0.1) is 12.8 Å². The first-order chi connectivity index (χ1) is 7.18. The quantitative estimate of drug-likeness (QED) is 0.821. The second-order valence-corrected chi connectivity index (χ2v) is 4.39. The van der Waals surface area contributed by atoms with Gasteiger partial charge in [0.15, 0.2) is 0 Å². The number of aromatic nitrogens is 1. The molecule has 2 rings (SSSR count). The summed E-state index contributed by atoms with van der Waals surface area (Å²) in [5.41, 5.74) is 8.05. The maximum absolute atomic E-state index is 5.86. The van der Waals surface area contributed by atoms with E-state index in [1.54, 1.807) is 6.20 Å². The molecule has 0 radical (unpaired) electrons. The predicted molar refractivity (Wildman–Crippen MR) is 59.8 cm³/mol. The summed E-state index contributed by atoms with van der Waals surface area (Å²) in [7, 11) is 0. The maximum Gasteiger partial charge on any atom is 0.140 e. The third-order valence-corrected chi connectivity index (χ3v) is 2.87. The first kappa shape index (κ1) is 10.4. The van der Waals surface area contributed by atoms with Crippen LogP contribution in [0.4, 0.5) is 0 Å². The van der Waals surface area contributed by atoms with Gasteiger partial charge < -0.3 is 10.5 Å². The fourth-order valence-corrected chi connectivity index (χ4v) is 1.62. The molecule has 1 aromatic rings. The van der Waals surface area contributed by atoms with Crippen molar-refractivity contribution in [3.05, 3.63) is 23.5 Å². The highest BCUT2D eigenvalue weighted by Crippen LogP contribution is 2.31. The van der Waals surface area contributed by atoms with E-state index in [2.05, 4.69) is 4.98 Å². The van der Waals surface area contributed by atoms with Crippen LogP contribution in [-0.2, 0) is 0 Å². The molecular weight excluding hydrogens is 188 g/mol. The summed E-state index contributed by atoms with van der Waals surface area (Å²) in [5, 5.41) is 0. The van der Waals surface area contributed by atoms with Gasteiger partial charge in [-0.2, -0.15) is 0 Å². The summed E-state index contributed by atoms with van der Waals surface area (Å²) >= 11 is 0. The number of nitrogens with zero attached hydrogens (tertiary/aromatic N) is 1. The van der Waals surface area contributed by atoms with Crippen LogP contribution in [0.3, 0.4) is 0 Å². The molecule has 82 valence electrons. The second-order valence-electron chi connectivity index (χ2n) is 4.39. The van der Waals surface area contributed by atoms with Gasteiger partial charge in [-0.15, -0.1) is 0 Å². The van der Waals surface area contributed by atoms with Crippen LogP contribution >= 0.6 is 0 Å². The summed E-state index contributed by atoms with van der Waals surface area (Å²) in [6, 6.07) is 0.0157. The van der Waals surface area contributed by atoms with Crippen LogP contribution < -0.4 is 10.5 Å². The fourth-order valence-electron chi connectivity index (χ4n) is 1.62. The molecule has 3 heteroatoms. The Morgan fingerprint density at radius 1 is 1.53 bits per heavy atom. The summed E-state index contributed by atoms with van der Waals surface area (Å²) < 4.78 is 5.73. The van der Waals surface area contributed by atoms with Crippen LogP contribution in [-0.4, -0.2) is 11.6 Å². The zero-order chi connectivity index (χ0) is 10.8. The normalized spacial score (nSPS) is 17.5. The topological polar surface area (TPSA) is 48.1 Å². The molecule has 1 heterocycles. The third kappa shape index (κ3) is 2.48. The molecule has 0 saturated heterocycles. The Bertz CT molecular complexity index is 345. The highest BCUT2D eigenvalue weighted by molar-refractivity contribution is 5.37. The van der Waals surface area contributed by atoms with E-state index in [0.29, 0.717) is 0 Å². The molecule has 1 aromatic heterocycles. The van der Waals surface area contributed by atoms with Gasteiger partial charge in [0.1, 0.15) is 5.75 Å². The molecule has 0 amide bonds. The predicted octanol–water partition coefficient (Wildman–Crippen LogP) is 2.20. The van der Waals surface area contributed by atoms with Gasteiger partial charge >= 0.3 is 0 Å². The standard InChI is InChI=1S/C12H18N2O/c1-8-11(9(2)13)5-14-6-12(8)15-7-10-3-4-10/h5-6,9-10H,3-4,7,13H2,1-2H3. The van der Waals surface area contributed by atoms with Crippen LogP contribution in [0.1, 0.15) is 36.9 Å². The number of hydrogen-bond donors (Lipinski definition) is 1. The van der Waals surface area contributed by atoms with E-state index in [0.717, 1.165) is 29.4 Å². The van der Waals surface area contributed by atoms with Crippen LogP contribution in [0.15, 0.2) is 12.4 Å². The minimum absolute atomic E-state index is 0.0157. The van der Waals surface area contributed by atoms with Crippen molar-refractivity contribution in [1.82, 2.24) is 4.98 Å². The zero-order valence-corrected chi connectivity index (χ0v) is 9.36. The lowest BCUT2D eigenvalue weighted by Gasteiger charge is -2.13. The molecule has 1 fully saturated rings. The zero-order valence-electron chi connectivity index (χ0n) is 9.36. The van der Waals surface area contributed by atoms with E-state index in [4.69, 9.17) is 10.5 Å². The first-order valence-corrected chi connectivity index (χ1v) is 5.51. The van der Waals surface area contributed by atoms with Crippen molar-refractivity contribution >= 4 is 0 Å². The number of rotatable bonds is 4. The second kappa shape index (κ2) is 4.19. The molecule has 0 bridgehead atoms. The lowest BCUT2D eigenvalue weighted by molar-refractivity contribution is 0.296. The first-order valence-electron chi connectivity index (χ1n) is 5.51. The SMILES string of the molecule is Cc1c(OCC2CC2)cncc1C(C)N. The Morgan fingerprint density at radius 3 is 2.87 bits per heavy atom. The molecule has 1 atom stereocenters. The van der Waals surface area contributed by atoms with Gasteiger partial charge in [0.05, 0.1) is 12.8 Å². The third-order valence-electron chi connectivity index (χ3n) is 2.87. The number of nitrogens with two attached hydrogens (primary N) is 1. The molecule has 15 heavy (non-hydrogen) atoms. The number of ether oxygens (including phenoxy) is 1. The lowest BCUT2D eigenvalue weighted by Crippen LogP contribution is -2.09. The van der Waals surface area contributed by atoms with Gasteiger partial charge in [-0.3, -0.25) is 4.98 Å². The highest BCUT2D eigenvalue weighted by Gasteiger charge is 2.22. The Hall–Kier alpha value is -1.09. The van der Waals surface area contributed by atoms with E-state index >= 15 is 0 Å². The van der Waals surface area contributed by atoms with E-state index in [-0.39, 0.29) is 6.04 Å². The minimum atomic E-state index is 0.0157. The Kier molecular flexibility index (Phi) is 2.91. The molecule has 1 saturated carbocycles. The van der Waals surface area contributed by atoms with E-state index in [9.17, 15) is 0 Å². The minimum Gasteiger partial charge on any atom is -0.491 e. The van der Waals surface area contributed by atoms with E-state index < -0.39 is 0 Å². The summed E-state index contributed by atoms with van der Waals surface area (Å²) in [6.07, 6.45) is 6.21. The molecule has 1 unspecified atom stereocenters. The highest BCUT2D eigenvalue weighted by atomic mass is 16.5. The van der Waals surface area contributed by atoms with Gasteiger partial charge in [-0.25, -0.2) is 0 Å². The molecule has 0 aromatic carbocycles. The van der Waals surface area contributed by atoms with Crippen LogP contribution in [0.2, 0.25) is 0 Å². The van der Waals surface area contributed by atoms with Gasteiger partial charge in [-0.1, -0.05) is 0 Å². The molecular formula is C12H18N2O. The molecule has 3 nitrogen and oxygen atoms in total. The van der Waals surface area contributed by atoms with Crippen molar-refractivity contribution in [3.8, 4) is 5.75 Å². The van der Waals surface area contributed by atoms with E-state index in [1.165, 1.54) is 12.8 Å². The maximum atomic E-state index is 5.86.